The predicted molar refractivity (Wildman–Crippen MR) is 121 cm³/mol. The highest BCUT2D eigenvalue weighted by Gasteiger charge is 2.53. The van der Waals surface area contributed by atoms with E-state index in [-0.39, 0.29) is 11.0 Å². The smallest absolute Gasteiger partial charge is 0.233 e. The zero-order valence-corrected chi connectivity index (χ0v) is 19.1. The van der Waals surface area contributed by atoms with E-state index in [9.17, 15) is 4.79 Å². The van der Waals surface area contributed by atoms with Gasteiger partial charge in [-0.1, -0.05) is 12.1 Å². The van der Waals surface area contributed by atoms with Crippen LogP contribution in [-0.2, 0) is 14.9 Å². The van der Waals surface area contributed by atoms with Crippen LogP contribution in [0.3, 0.4) is 0 Å². The quantitative estimate of drug-likeness (QED) is 0.714. The van der Waals surface area contributed by atoms with Gasteiger partial charge in [0.05, 0.1) is 18.1 Å². The third-order valence-corrected chi connectivity index (χ3v) is 8.42. The van der Waals surface area contributed by atoms with Crippen molar-refractivity contribution in [1.82, 2.24) is 9.80 Å². The van der Waals surface area contributed by atoms with Crippen molar-refractivity contribution in [2.24, 2.45) is 5.92 Å². The average molecular weight is 427 g/mol. The maximum atomic E-state index is 13.4. The Bertz CT molecular complexity index is 749. The largest absolute Gasteiger partial charge is 0.497 e. The van der Waals surface area contributed by atoms with Crippen molar-refractivity contribution in [3.8, 4) is 5.75 Å². The Balaban J connectivity index is 1.10. The number of benzene rings is 1. The summed E-state index contributed by atoms with van der Waals surface area (Å²) >= 11 is 0. The summed E-state index contributed by atoms with van der Waals surface area (Å²) in [4.78, 5) is 18.2. The molecule has 3 aliphatic heterocycles. The first-order valence-electron chi connectivity index (χ1n) is 12.4. The fourth-order valence-corrected chi connectivity index (χ4v) is 6.10. The average Bonchev–Trinajstić information content (AvgIpc) is 3.64. The van der Waals surface area contributed by atoms with Crippen molar-refractivity contribution in [3.63, 3.8) is 0 Å². The molecule has 4 fully saturated rings. The van der Waals surface area contributed by atoms with Crippen molar-refractivity contribution in [3.05, 3.63) is 29.8 Å². The molecule has 1 aromatic rings. The molecule has 0 bridgehead atoms. The molecule has 3 heterocycles. The van der Waals surface area contributed by atoms with Gasteiger partial charge >= 0.3 is 0 Å². The van der Waals surface area contributed by atoms with Crippen molar-refractivity contribution in [2.45, 2.75) is 68.8 Å². The van der Waals surface area contributed by atoms with Gasteiger partial charge in [0.2, 0.25) is 5.91 Å². The van der Waals surface area contributed by atoms with Gasteiger partial charge in [-0.15, -0.1) is 0 Å². The molecule has 170 valence electrons. The van der Waals surface area contributed by atoms with Crippen LogP contribution in [-0.4, -0.2) is 67.7 Å². The van der Waals surface area contributed by atoms with Crippen LogP contribution in [0, 0.1) is 5.92 Å². The molecule has 0 unspecified atom stereocenters. The van der Waals surface area contributed by atoms with Gasteiger partial charge in [0.15, 0.2) is 0 Å². The molecule has 1 spiro atoms. The number of likely N-dealkylation sites (tertiary alicyclic amines) is 2. The van der Waals surface area contributed by atoms with Crippen LogP contribution < -0.4 is 4.74 Å². The Hall–Kier alpha value is -1.59. The Kier molecular flexibility index (Phi) is 6.00. The van der Waals surface area contributed by atoms with E-state index >= 15 is 0 Å². The minimum atomic E-state index is -0.264. The van der Waals surface area contributed by atoms with Crippen LogP contribution >= 0.6 is 0 Å². The number of methoxy groups -OCH3 is 1. The second kappa shape index (κ2) is 8.74. The second-order valence-electron chi connectivity index (χ2n) is 10.3. The molecule has 1 aromatic carbocycles. The molecule has 1 amide bonds. The minimum Gasteiger partial charge on any atom is -0.497 e. The normalized spacial score (nSPS) is 26.0. The van der Waals surface area contributed by atoms with E-state index < -0.39 is 0 Å². The van der Waals surface area contributed by atoms with E-state index in [1.807, 2.05) is 12.1 Å². The molecule has 1 aliphatic carbocycles. The molecule has 0 aromatic heterocycles. The van der Waals surface area contributed by atoms with Gasteiger partial charge in [-0.2, -0.15) is 0 Å². The van der Waals surface area contributed by atoms with E-state index in [1.165, 1.54) is 51.7 Å². The topological polar surface area (TPSA) is 42.0 Å². The van der Waals surface area contributed by atoms with Gasteiger partial charge in [0.1, 0.15) is 5.75 Å². The van der Waals surface area contributed by atoms with Gasteiger partial charge in [-0.05, 0) is 81.4 Å². The molecule has 0 N–H and O–H groups in total. The third-order valence-electron chi connectivity index (χ3n) is 8.42. The number of nitrogens with zero attached hydrogens (tertiary/aromatic N) is 2. The molecule has 0 radical (unpaired) electrons. The van der Waals surface area contributed by atoms with E-state index in [0.717, 1.165) is 62.6 Å². The zero-order valence-electron chi connectivity index (χ0n) is 19.1. The fraction of sp³-hybridized carbons (Fsp3) is 0.731. The van der Waals surface area contributed by atoms with Gasteiger partial charge in [0, 0.05) is 39.3 Å². The summed E-state index contributed by atoms with van der Waals surface area (Å²) in [6.45, 7) is 6.36. The number of amides is 1. The van der Waals surface area contributed by atoms with Crippen LogP contribution in [0.25, 0.3) is 0 Å². The molecular weight excluding hydrogens is 388 g/mol. The van der Waals surface area contributed by atoms with E-state index in [4.69, 9.17) is 9.47 Å². The Morgan fingerprint density at radius 2 is 1.71 bits per heavy atom. The third kappa shape index (κ3) is 4.36. The summed E-state index contributed by atoms with van der Waals surface area (Å²) in [6, 6.07) is 8.12. The molecule has 1 saturated carbocycles. The van der Waals surface area contributed by atoms with Crippen LogP contribution in [0.1, 0.15) is 63.4 Å². The van der Waals surface area contributed by atoms with Crippen LogP contribution in [0.2, 0.25) is 0 Å². The molecule has 3 saturated heterocycles. The summed E-state index contributed by atoms with van der Waals surface area (Å²) in [5.41, 5.74) is 1.10. The number of piperidine rings is 2. The highest BCUT2D eigenvalue weighted by atomic mass is 16.5. The van der Waals surface area contributed by atoms with Crippen molar-refractivity contribution < 1.29 is 14.3 Å². The van der Waals surface area contributed by atoms with Crippen molar-refractivity contribution in [2.75, 3.05) is 46.4 Å². The van der Waals surface area contributed by atoms with Crippen molar-refractivity contribution in [1.29, 1.82) is 0 Å². The molecule has 31 heavy (non-hydrogen) atoms. The predicted octanol–water partition coefficient (Wildman–Crippen LogP) is 4.00. The van der Waals surface area contributed by atoms with E-state index in [0.29, 0.717) is 5.91 Å². The highest BCUT2D eigenvalue weighted by Crippen LogP contribution is 2.50. The lowest BCUT2D eigenvalue weighted by molar-refractivity contribution is -0.135. The summed E-state index contributed by atoms with van der Waals surface area (Å²) in [6.07, 6.45) is 10.5. The first-order valence-corrected chi connectivity index (χ1v) is 12.4. The van der Waals surface area contributed by atoms with E-state index in [2.05, 4.69) is 21.9 Å². The molecule has 5 rings (SSSR count). The molecule has 5 nitrogen and oxygen atoms in total. The van der Waals surface area contributed by atoms with Gasteiger partial charge in [-0.3, -0.25) is 4.79 Å². The minimum absolute atomic E-state index is 0.199. The standard InChI is InChI=1S/C26H38N2O3/c1-30-23-6-4-22(5-7-23)26(11-12-26)24(29)28-15-8-21(9-16-28)20-27-17-13-25(14-18-27)10-2-3-19-31-25/h4-7,21H,2-3,8-20H2,1H3. The Morgan fingerprint density at radius 3 is 2.29 bits per heavy atom. The number of ether oxygens (including phenoxy) is 2. The maximum Gasteiger partial charge on any atom is 0.233 e. The number of carbonyl (C=O) groups is 1. The lowest BCUT2D eigenvalue weighted by atomic mass is 9.84. The summed E-state index contributed by atoms with van der Waals surface area (Å²) < 4.78 is 11.5. The first kappa shape index (κ1) is 21.3. The zero-order chi connectivity index (χ0) is 21.3. The number of carbonyl (C=O) groups excluding carboxylic acids is 1. The highest BCUT2D eigenvalue weighted by molar-refractivity contribution is 5.91. The first-order chi connectivity index (χ1) is 15.1. The van der Waals surface area contributed by atoms with Gasteiger partial charge in [0.25, 0.3) is 0 Å². The molecule has 4 aliphatic rings. The SMILES string of the molecule is COc1ccc(C2(C(=O)N3CCC(CN4CCC5(CCCCO5)CC4)CC3)CC2)cc1. The summed E-state index contributed by atoms with van der Waals surface area (Å²) in [5.74, 6) is 1.93. The molecule has 0 atom stereocenters. The Labute approximate surface area is 187 Å². The van der Waals surface area contributed by atoms with Crippen LogP contribution in [0.5, 0.6) is 5.75 Å². The summed E-state index contributed by atoms with van der Waals surface area (Å²) in [5, 5.41) is 0. The van der Waals surface area contributed by atoms with Gasteiger partial charge < -0.3 is 19.3 Å². The van der Waals surface area contributed by atoms with Gasteiger partial charge in [-0.25, -0.2) is 0 Å². The number of hydrogen-bond acceptors (Lipinski definition) is 4. The molecular formula is C26H38N2O3. The Morgan fingerprint density at radius 1 is 1.00 bits per heavy atom. The lowest BCUT2D eigenvalue weighted by Gasteiger charge is -2.45. The number of rotatable bonds is 5. The second-order valence-corrected chi connectivity index (χ2v) is 10.3. The van der Waals surface area contributed by atoms with Crippen molar-refractivity contribution >= 4 is 5.91 Å². The van der Waals surface area contributed by atoms with E-state index in [1.54, 1.807) is 7.11 Å². The van der Waals surface area contributed by atoms with Crippen LogP contribution in [0.4, 0.5) is 0 Å². The summed E-state index contributed by atoms with van der Waals surface area (Å²) in [7, 11) is 1.68. The lowest BCUT2D eigenvalue weighted by Crippen LogP contribution is -2.50. The van der Waals surface area contributed by atoms with Crippen LogP contribution in [0.15, 0.2) is 24.3 Å². The number of hydrogen-bond donors (Lipinski definition) is 0. The monoisotopic (exact) mass is 426 g/mol. The molecule has 5 heteroatoms. The fourth-order valence-electron chi connectivity index (χ4n) is 6.10. The maximum absolute atomic E-state index is 13.4.